The number of hydrogen-bond donors (Lipinski definition) is 2. The molecule has 1 aromatic heterocycles. The lowest BCUT2D eigenvalue weighted by Crippen LogP contribution is -1.79. The van der Waals surface area contributed by atoms with Crippen LogP contribution in [0.25, 0.3) is 10.1 Å². The van der Waals surface area contributed by atoms with Gasteiger partial charge in [0.15, 0.2) is 0 Å². The Bertz CT molecular complexity index is 450. The molecule has 0 saturated heterocycles. The van der Waals surface area contributed by atoms with Crippen molar-refractivity contribution in [1.29, 1.82) is 0 Å². The highest BCUT2D eigenvalue weighted by Crippen LogP contribution is 2.35. The van der Waals surface area contributed by atoms with Crippen molar-refractivity contribution < 1.29 is 5.11 Å². The number of thiol groups is 1. The van der Waals surface area contributed by atoms with Crippen LogP contribution >= 0.6 is 46.6 Å². The molecule has 4 heteroatoms. The highest BCUT2D eigenvalue weighted by atomic mass is 127. The number of thiophene rings is 1. The van der Waals surface area contributed by atoms with Crippen molar-refractivity contribution in [2.45, 2.75) is 11.5 Å². The van der Waals surface area contributed by atoms with E-state index in [0.29, 0.717) is 0 Å². The molecule has 1 nitrogen and oxygen atoms in total. The van der Waals surface area contributed by atoms with E-state index in [4.69, 9.17) is 5.11 Å². The van der Waals surface area contributed by atoms with E-state index in [2.05, 4.69) is 41.3 Å². The van der Waals surface area contributed by atoms with E-state index in [1.54, 1.807) is 11.3 Å². The number of halogens is 1. The molecule has 0 fully saturated rings. The third-order valence-corrected chi connectivity index (χ3v) is 4.91. The zero-order valence-corrected chi connectivity index (χ0v) is 10.5. The molecule has 0 aliphatic heterocycles. The molecule has 2 rings (SSSR count). The number of rotatable bonds is 1. The van der Waals surface area contributed by atoms with Gasteiger partial charge in [0.05, 0.1) is 6.61 Å². The topological polar surface area (TPSA) is 20.2 Å². The smallest absolute Gasteiger partial charge is 0.0785 e. The highest BCUT2D eigenvalue weighted by Gasteiger charge is 2.10. The quantitative estimate of drug-likeness (QED) is 0.610. The third kappa shape index (κ3) is 1.60. The van der Waals surface area contributed by atoms with Gasteiger partial charge in [-0.15, -0.1) is 24.0 Å². The van der Waals surface area contributed by atoms with E-state index in [9.17, 15) is 0 Å². The van der Waals surface area contributed by atoms with Gasteiger partial charge < -0.3 is 5.11 Å². The fourth-order valence-corrected chi connectivity index (χ4v) is 4.10. The summed E-state index contributed by atoms with van der Waals surface area (Å²) < 4.78 is 2.33. The van der Waals surface area contributed by atoms with Gasteiger partial charge in [0.1, 0.15) is 0 Å². The molecule has 0 aliphatic rings. The average molecular weight is 322 g/mol. The van der Waals surface area contributed by atoms with E-state index < -0.39 is 0 Å². The van der Waals surface area contributed by atoms with Crippen molar-refractivity contribution in [3.05, 3.63) is 26.6 Å². The molecular formula is C9H7IOS2. The minimum Gasteiger partial charge on any atom is -0.391 e. The van der Waals surface area contributed by atoms with Gasteiger partial charge in [0.2, 0.25) is 0 Å². The lowest BCUT2D eigenvalue weighted by atomic mass is 10.2. The Kier molecular flexibility index (Phi) is 2.83. The minimum absolute atomic E-state index is 0.116. The van der Waals surface area contributed by atoms with Gasteiger partial charge in [0, 0.05) is 23.4 Å². The van der Waals surface area contributed by atoms with Crippen molar-refractivity contribution in [3.63, 3.8) is 0 Å². The second kappa shape index (κ2) is 3.76. The normalized spacial score (nSPS) is 11.0. The Labute approximate surface area is 99.3 Å². The van der Waals surface area contributed by atoms with Gasteiger partial charge in [-0.2, -0.15) is 0 Å². The third-order valence-electron chi connectivity index (χ3n) is 1.85. The first-order valence-electron chi connectivity index (χ1n) is 3.73. The number of hydrogen-bond acceptors (Lipinski definition) is 3. The lowest BCUT2D eigenvalue weighted by molar-refractivity contribution is 0.285. The molecule has 13 heavy (non-hydrogen) atoms. The minimum atomic E-state index is 0.116. The Morgan fingerprint density at radius 2 is 2.23 bits per heavy atom. The molecule has 1 aromatic carbocycles. The van der Waals surface area contributed by atoms with Crippen LogP contribution in [0.5, 0.6) is 0 Å². The Balaban J connectivity index is 2.85. The fraction of sp³-hybridized carbons (Fsp3) is 0.111. The summed E-state index contributed by atoms with van der Waals surface area (Å²) in [5.41, 5.74) is 0. The van der Waals surface area contributed by atoms with Crippen LogP contribution in [0.4, 0.5) is 0 Å². The largest absolute Gasteiger partial charge is 0.391 e. The first-order valence-corrected chi connectivity index (χ1v) is 6.08. The maximum absolute atomic E-state index is 9.09. The fourth-order valence-electron chi connectivity index (χ4n) is 1.24. The SMILES string of the molecule is OCc1sc2cccc(S)c2c1I. The summed E-state index contributed by atoms with van der Waals surface area (Å²) in [4.78, 5) is 2.01. The molecule has 0 unspecified atom stereocenters. The van der Waals surface area contributed by atoms with Crippen LogP contribution in [0.3, 0.4) is 0 Å². The summed E-state index contributed by atoms with van der Waals surface area (Å²) in [6.07, 6.45) is 0. The van der Waals surface area contributed by atoms with E-state index in [0.717, 1.165) is 13.3 Å². The van der Waals surface area contributed by atoms with E-state index >= 15 is 0 Å². The van der Waals surface area contributed by atoms with Crippen LogP contribution in [0.1, 0.15) is 4.88 Å². The second-order valence-electron chi connectivity index (χ2n) is 2.65. The maximum atomic E-state index is 9.09. The molecule has 0 amide bonds. The first kappa shape index (κ1) is 9.76. The molecule has 1 N–H and O–H groups in total. The van der Waals surface area contributed by atoms with Crippen molar-refractivity contribution in [2.75, 3.05) is 0 Å². The van der Waals surface area contributed by atoms with Gasteiger partial charge >= 0.3 is 0 Å². The summed E-state index contributed by atoms with van der Waals surface area (Å²) in [6, 6.07) is 6.01. The number of aliphatic hydroxyl groups is 1. The summed E-state index contributed by atoms with van der Waals surface area (Å²) in [5, 5.41) is 10.3. The maximum Gasteiger partial charge on any atom is 0.0785 e. The Morgan fingerprint density at radius 1 is 1.46 bits per heavy atom. The zero-order valence-electron chi connectivity index (χ0n) is 6.62. The van der Waals surface area contributed by atoms with Gasteiger partial charge in [-0.25, -0.2) is 0 Å². The van der Waals surface area contributed by atoms with E-state index in [1.165, 1.54) is 10.1 Å². The summed E-state index contributed by atoms with van der Waals surface area (Å²) >= 11 is 8.29. The molecule has 0 radical (unpaired) electrons. The van der Waals surface area contributed by atoms with Crippen LogP contribution < -0.4 is 0 Å². The van der Waals surface area contributed by atoms with Crippen molar-refractivity contribution in [3.8, 4) is 0 Å². The molecule has 0 bridgehead atoms. The predicted octanol–water partition coefficient (Wildman–Crippen LogP) is 3.29. The molecular weight excluding hydrogens is 315 g/mol. The average Bonchev–Trinajstić information content (AvgIpc) is 2.44. The summed E-state index contributed by atoms with van der Waals surface area (Å²) in [5.74, 6) is 0. The summed E-state index contributed by atoms with van der Waals surface area (Å²) in [6.45, 7) is 0.116. The Hall–Kier alpha value is 0.220. The summed E-state index contributed by atoms with van der Waals surface area (Å²) in [7, 11) is 0. The van der Waals surface area contributed by atoms with Gasteiger partial charge in [-0.3, -0.25) is 0 Å². The monoisotopic (exact) mass is 322 g/mol. The number of aliphatic hydroxyl groups excluding tert-OH is 1. The molecule has 0 atom stereocenters. The Morgan fingerprint density at radius 3 is 2.85 bits per heavy atom. The standard InChI is InChI=1S/C9H7IOS2/c10-9-7(4-11)13-6-3-1-2-5(12)8(6)9/h1-3,11-12H,4H2. The molecule has 0 saturated carbocycles. The second-order valence-corrected chi connectivity index (χ2v) is 5.34. The van der Waals surface area contributed by atoms with E-state index in [-0.39, 0.29) is 6.61 Å². The molecule has 0 aliphatic carbocycles. The van der Waals surface area contributed by atoms with E-state index in [1.807, 2.05) is 12.1 Å². The number of fused-ring (bicyclic) bond motifs is 1. The van der Waals surface area contributed by atoms with Crippen LogP contribution in [0, 0.1) is 3.57 Å². The number of benzene rings is 1. The first-order chi connectivity index (χ1) is 6.24. The van der Waals surface area contributed by atoms with Crippen LogP contribution in [0.2, 0.25) is 0 Å². The van der Waals surface area contributed by atoms with Crippen LogP contribution in [0.15, 0.2) is 23.1 Å². The van der Waals surface area contributed by atoms with Crippen molar-refractivity contribution in [1.82, 2.24) is 0 Å². The van der Waals surface area contributed by atoms with Gasteiger partial charge in [0.25, 0.3) is 0 Å². The van der Waals surface area contributed by atoms with Crippen molar-refractivity contribution >= 4 is 56.6 Å². The van der Waals surface area contributed by atoms with Crippen LogP contribution in [-0.2, 0) is 6.61 Å². The predicted molar refractivity (Wildman–Crippen MR) is 67.7 cm³/mol. The van der Waals surface area contributed by atoms with Gasteiger partial charge in [-0.1, -0.05) is 6.07 Å². The molecule has 2 aromatic rings. The zero-order chi connectivity index (χ0) is 9.42. The molecule has 1 heterocycles. The lowest BCUT2D eigenvalue weighted by Gasteiger charge is -1.94. The van der Waals surface area contributed by atoms with Crippen LogP contribution in [-0.4, -0.2) is 5.11 Å². The molecule has 0 spiro atoms. The van der Waals surface area contributed by atoms with Crippen molar-refractivity contribution in [2.24, 2.45) is 0 Å². The highest BCUT2D eigenvalue weighted by molar-refractivity contribution is 14.1. The van der Waals surface area contributed by atoms with Gasteiger partial charge in [-0.05, 0) is 34.7 Å². The molecule has 68 valence electrons.